The van der Waals surface area contributed by atoms with Crippen molar-refractivity contribution in [2.24, 2.45) is 0 Å². The minimum absolute atomic E-state index is 0.0108. The fourth-order valence-electron chi connectivity index (χ4n) is 1.59. The molecule has 0 unspecified atom stereocenters. The molecule has 0 aromatic carbocycles. The van der Waals surface area contributed by atoms with Gasteiger partial charge in [0.1, 0.15) is 4.90 Å². The fourth-order valence-corrected chi connectivity index (χ4v) is 3.51. The summed E-state index contributed by atoms with van der Waals surface area (Å²) in [6, 6.07) is 1.80. The Bertz CT molecular complexity index is 785. The number of hydrogen-bond donors (Lipinski definition) is 0. The fraction of sp³-hybridized carbons (Fsp3) is 0.200. The Morgan fingerprint density at radius 3 is 2.29 bits per heavy atom. The van der Waals surface area contributed by atoms with Crippen molar-refractivity contribution in [3.8, 4) is 5.82 Å². The van der Waals surface area contributed by atoms with E-state index in [9.17, 15) is 21.6 Å². The minimum Gasteiger partial charge on any atom is -0.236 e. The number of alkyl halides is 3. The van der Waals surface area contributed by atoms with E-state index in [-0.39, 0.29) is 16.7 Å². The summed E-state index contributed by atoms with van der Waals surface area (Å²) in [5, 5.41) is 3.46. The van der Waals surface area contributed by atoms with E-state index in [0.29, 0.717) is 6.20 Å². The molecule has 114 valence electrons. The van der Waals surface area contributed by atoms with Crippen LogP contribution in [0.5, 0.6) is 0 Å². The highest BCUT2D eigenvalue weighted by molar-refractivity contribution is 8.13. The maximum absolute atomic E-state index is 12.4. The lowest BCUT2D eigenvalue weighted by Crippen LogP contribution is -2.07. The van der Waals surface area contributed by atoms with Crippen molar-refractivity contribution in [3.05, 3.63) is 34.7 Å². The van der Waals surface area contributed by atoms with Crippen LogP contribution in [0.15, 0.2) is 23.2 Å². The topological polar surface area (TPSA) is 64.8 Å². The van der Waals surface area contributed by atoms with E-state index in [0.717, 1.165) is 16.8 Å². The highest BCUT2D eigenvalue weighted by atomic mass is 35.7. The van der Waals surface area contributed by atoms with Crippen molar-refractivity contribution >= 4 is 31.3 Å². The Labute approximate surface area is 126 Å². The molecule has 0 aliphatic heterocycles. The van der Waals surface area contributed by atoms with Crippen LogP contribution in [0.3, 0.4) is 0 Å². The smallest absolute Gasteiger partial charge is 0.236 e. The Balaban J connectivity index is 2.54. The molecule has 0 atom stereocenters. The van der Waals surface area contributed by atoms with E-state index in [1.54, 1.807) is 0 Å². The molecule has 5 nitrogen and oxygen atoms in total. The maximum atomic E-state index is 12.4. The zero-order chi connectivity index (χ0) is 16.0. The summed E-state index contributed by atoms with van der Waals surface area (Å²) in [4.78, 5) is 3.16. The summed E-state index contributed by atoms with van der Waals surface area (Å²) in [6.45, 7) is 1.35. The van der Waals surface area contributed by atoms with Gasteiger partial charge in [-0.05, 0) is 19.1 Å². The van der Waals surface area contributed by atoms with Gasteiger partial charge in [0.25, 0.3) is 9.05 Å². The molecule has 0 fully saturated rings. The van der Waals surface area contributed by atoms with Gasteiger partial charge in [0.2, 0.25) is 0 Å². The Morgan fingerprint density at radius 1 is 1.29 bits per heavy atom. The standard InChI is InChI=1S/C10H6Cl2F3N3O2S/c1-5-8(21(12,19)20)9(11)18(17-5)7-3-2-6(4-16-7)10(13,14)15/h2-4H,1H3. The molecule has 0 saturated heterocycles. The van der Waals surface area contributed by atoms with Crippen molar-refractivity contribution < 1.29 is 21.6 Å². The van der Waals surface area contributed by atoms with E-state index in [2.05, 4.69) is 10.1 Å². The quantitative estimate of drug-likeness (QED) is 0.772. The van der Waals surface area contributed by atoms with E-state index >= 15 is 0 Å². The lowest BCUT2D eigenvalue weighted by atomic mass is 10.3. The lowest BCUT2D eigenvalue weighted by Gasteiger charge is -2.07. The zero-order valence-corrected chi connectivity index (χ0v) is 12.5. The largest absolute Gasteiger partial charge is 0.417 e. The van der Waals surface area contributed by atoms with Crippen molar-refractivity contribution in [1.29, 1.82) is 0 Å². The van der Waals surface area contributed by atoms with Crippen molar-refractivity contribution in [2.75, 3.05) is 0 Å². The first-order valence-corrected chi connectivity index (χ1v) is 7.94. The summed E-state index contributed by atoms with van der Waals surface area (Å²) >= 11 is 5.85. The Kier molecular flexibility index (Phi) is 3.94. The van der Waals surface area contributed by atoms with Crippen LogP contribution in [0.25, 0.3) is 5.82 Å². The van der Waals surface area contributed by atoms with E-state index in [1.807, 2.05) is 0 Å². The number of nitrogens with zero attached hydrogens (tertiary/aromatic N) is 3. The molecule has 0 spiro atoms. The summed E-state index contributed by atoms with van der Waals surface area (Å²) in [5.41, 5.74) is -0.937. The molecule has 0 radical (unpaired) electrons. The molecule has 0 saturated carbocycles. The SMILES string of the molecule is Cc1nn(-c2ccc(C(F)(F)F)cn2)c(Cl)c1S(=O)(=O)Cl. The van der Waals surface area contributed by atoms with E-state index < -0.39 is 25.7 Å². The van der Waals surface area contributed by atoms with Crippen molar-refractivity contribution in [1.82, 2.24) is 14.8 Å². The molecule has 2 aromatic heterocycles. The van der Waals surface area contributed by atoms with Crippen LogP contribution in [-0.2, 0) is 15.2 Å². The predicted octanol–water partition coefficient (Wildman–Crippen LogP) is 3.18. The second-order valence-electron chi connectivity index (χ2n) is 3.96. The van der Waals surface area contributed by atoms with Crippen LogP contribution in [-0.4, -0.2) is 23.2 Å². The molecular formula is C10H6Cl2F3N3O2S. The number of hydrogen-bond acceptors (Lipinski definition) is 4. The van der Waals surface area contributed by atoms with Gasteiger partial charge in [0.15, 0.2) is 11.0 Å². The first-order chi connectivity index (χ1) is 9.51. The van der Waals surface area contributed by atoms with Gasteiger partial charge in [-0.2, -0.15) is 18.3 Å². The van der Waals surface area contributed by atoms with Gasteiger partial charge in [-0.1, -0.05) is 11.6 Å². The lowest BCUT2D eigenvalue weighted by molar-refractivity contribution is -0.137. The second kappa shape index (κ2) is 5.15. The zero-order valence-electron chi connectivity index (χ0n) is 10.2. The highest BCUT2D eigenvalue weighted by Gasteiger charge is 2.31. The monoisotopic (exact) mass is 359 g/mol. The molecular weight excluding hydrogens is 354 g/mol. The highest BCUT2D eigenvalue weighted by Crippen LogP contribution is 2.31. The van der Waals surface area contributed by atoms with Gasteiger partial charge in [-0.25, -0.2) is 18.1 Å². The van der Waals surface area contributed by atoms with Crippen LogP contribution in [0.2, 0.25) is 5.15 Å². The van der Waals surface area contributed by atoms with E-state index in [4.69, 9.17) is 22.3 Å². The number of aryl methyl sites for hydroxylation is 1. The molecule has 0 aliphatic rings. The van der Waals surface area contributed by atoms with Crippen LogP contribution >= 0.6 is 22.3 Å². The molecule has 2 aromatic rings. The third-order valence-electron chi connectivity index (χ3n) is 2.49. The number of rotatable bonds is 2. The van der Waals surface area contributed by atoms with Gasteiger partial charge < -0.3 is 0 Å². The van der Waals surface area contributed by atoms with E-state index in [1.165, 1.54) is 6.92 Å². The van der Waals surface area contributed by atoms with Gasteiger partial charge in [0, 0.05) is 16.9 Å². The third-order valence-corrected chi connectivity index (χ3v) is 4.39. The normalized spacial score (nSPS) is 12.7. The number of aromatic nitrogens is 3. The van der Waals surface area contributed by atoms with Crippen LogP contribution in [0.1, 0.15) is 11.3 Å². The first kappa shape index (κ1) is 16.1. The van der Waals surface area contributed by atoms with Gasteiger partial charge in [-0.3, -0.25) is 0 Å². The van der Waals surface area contributed by atoms with Gasteiger partial charge in [-0.15, -0.1) is 0 Å². The second-order valence-corrected chi connectivity index (χ2v) is 6.82. The Hall–Kier alpha value is -1.32. The van der Waals surface area contributed by atoms with Crippen LogP contribution in [0, 0.1) is 6.92 Å². The molecule has 0 bridgehead atoms. The molecule has 2 heterocycles. The molecule has 0 aliphatic carbocycles. The van der Waals surface area contributed by atoms with Crippen LogP contribution < -0.4 is 0 Å². The molecule has 0 N–H and O–H groups in total. The third kappa shape index (κ3) is 3.14. The number of pyridine rings is 1. The van der Waals surface area contributed by atoms with Crippen LogP contribution in [0.4, 0.5) is 13.2 Å². The summed E-state index contributed by atoms with van der Waals surface area (Å²) in [5.74, 6) is -0.0670. The molecule has 2 rings (SSSR count). The average Bonchev–Trinajstić information content (AvgIpc) is 2.63. The minimum atomic E-state index is -4.53. The maximum Gasteiger partial charge on any atom is 0.417 e. The molecule has 21 heavy (non-hydrogen) atoms. The molecule has 0 amide bonds. The number of halogens is 5. The average molecular weight is 360 g/mol. The van der Waals surface area contributed by atoms with Gasteiger partial charge >= 0.3 is 6.18 Å². The first-order valence-electron chi connectivity index (χ1n) is 5.25. The predicted molar refractivity (Wildman–Crippen MR) is 69.1 cm³/mol. The summed E-state index contributed by atoms with van der Waals surface area (Å²) in [6.07, 6.45) is -3.93. The summed E-state index contributed by atoms with van der Waals surface area (Å²) in [7, 11) is 1.09. The van der Waals surface area contributed by atoms with Gasteiger partial charge in [0.05, 0.1) is 11.3 Å². The summed E-state index contributed by atoms with van der Waals surface area (Å²) < 4.78 is 60.9. The van der Waals surface area contributed by atoms with Crippen molar-refractivity contribution in [3.63, 3.8) is 0 Å². The Morgan fingerprint density at radius 2 is 1.90 bits per heavy atom. The molecule has 11 heteroatoms. The van der Waals surface area contributed by atoms with Crippen molar-refractivity contribution in [2.45, 2.75) is 18.0 Å².